The van der Waals surface area contributed by atoms with Crippen molar-refractivity contribution in [2.24, 2.45) is 0 Å². The predicted octanol–water partition coefficient (Wildman–Crippen LogP) is 1.29. The van der Waals surface area contributed by atoms with Crippen LogP contribution in [0.15, 0.2) is 0 Å². The fourth-order valence-electron chi connectivity index (χ4n) is 2.10. The number of halogens is 1. The third-order valence-corrected chi connectivity index (χ3v) is 3.44. The summed E-state index contributed by atoms with van der Waals surface area (Å²) < 4.78 is 5.63. The quantitative estimate of drug-likeness (QED) is 0.672. The van der Waals surface area contributed by atoms with Crippen LogP contribution >= 0.6 is 15.9 Å². The van der Waals surface area contributed by atoms with Crippen LogP contribution in [0.1, 0.15) is 19.3 Å². The standard InChI is InChI=1S/C8H14BrNO/c9-5-7-4-8(6-11-7)2-1-3-10-8/h7,10H,1-6H2. The van der Waals surface area contributed by atoms with Gasteiger partial charge >= 0.3 is 0 Å². The van der Waals surface area contributed by atoms with Gasteiger partial charge in [0.15, 0.2) is 0 Å². The fourth-order valence-corrected chi connectivity index (χ4v) is 2.51. The lowest BCUT2D eigenvalue weighted by molar-refractivity contribution is 0.118. The summed E-state index contributed by atoms with van der Waals surface area (Å²) in [6, 6.07) is 0. The first kappa shape index (κ1) is 8.02. The molecule has 0 bridgehead atoms. The average molecular weight is 220 g/mol. The molecule has 2 heterocycles. The third-order valence-electron chi connectivity index (χ3n) is 2.72. The van der Waals surface area contributed by atoms with Crippen LogP contribution in [-0.4, -0.2) is 30.1 Å². The van der Waals surface area contributed by atoms with E-state index in [0.717, 1.165) is 11.9 Å². The molecule has 0 aromatic carbocycles. The number of hydrogen-bond acceptors (Lipinski definition) is 2. The van der Waals surface area contributed by atoms with E-state index in [1.54, 1.807) is 0 Å². The molecule has 2 aliphatic rings. The highest BCUT2D eigenvalue weighted by Gasteiger charge is 2.41. The number of rotatable bonds is 1. The van der Waals surface area contributed by atoms with E-state index < -0.39 is 0 Å². The van der Waals surface area contributed by atoms with Crippen LogP contribution < -0.4 is 5.32 Å². The van der Waals surface area contributed by atoms with Crippen molar-refractivity contribution in [2.75, 3.05) is 18.5 Å². The lowest BCUT2D eigenvalue weighted by atomic mass is 9.95. The Hall–Kier alpha value is 0.400. The topological polar surface area (TPSA) is 21.3 Å². The largest absolute Gasteiger partial charge is 0.375 e. The molecule has 2 nitrogen and oxygen atoms in total. The molecule has 0 aliphatic carbocycles. The van der Waals surface area contributed by atoms with E-state index in [1.165, 1.54) is 25.8 Å². The summed E-state index contributed by atoms with van der Waals surface area (Å²) in [6.07, 6.45) is 4.26. The molecule has 0 saturated carbocycles. The van der Waals surface area contributed by atoms with E-state index in [2.05, 4.69) is 21.2 Å². The molecule has 2 fully saturated rings. The van der Waals surface area contributed by atoms with E-state index in [1.807, 2.05) is 0 Å². The first-order valence-electron chi connectivity index (χ1n) is 4.27. The number of alkyl halides is 1. The number of ether oxygens (including phenoxy) is 1. The lowest BCUT2D eigenvalue weighted by Gasteiger charge is -2.20. The van der Waals surface area contributed by atoms with Crippen molar-refractivity contribution >= 4 is 15.9 Å². The van der Waals surface area contributed by atoms with Crippen LogP contribution in [0.25, 0.3) is 0 Å². The highest BCUT2D eigenvalue weighted by molar-refractivity contribution is 9.09. The summed E-state index contributed by atoms with van der Waals surface area (Å²) in [6.45, 7) is 2.10. The van der Waals surface area contributed by atoms with Gasteiger partial charge in [0.2, 0.25) is 0 Å². The Morgan fingerprint density at radius 3 is 3.09 bits per heavy atom. The highest BCUT2D eigenvalue weighted by atomic mass is 79.9. The molecule has 2 aliphatic heterocycles. The maximum atomic E-state index is 5.63. The van der Waals surface area contributed by atoms with Gasteiger partial charge < -0.3 is 10.1 Å². The molecule has 0 radical (unpaired) electrons. The van der Waals surface area contributed by atoms with Crippen LogP contribution in [0.4, 0.5) is 0 Å². The second kappa shape index (κ2) is 3.04. The van der Waals surface area contributed by atoms with Crippen molar-refractivity contribution in [3.63, 3.8) is 0 Å². The number of hydrogen-bond donors (Lipinski definition) is 1. The first-order chi connectivity index (χ1) is 5.35. The van der Waals surface area contributed by atoms with Crippen LogP contribution in [0.3, 0.4) is 0 Å². The third kappa shape index (κ3) is 1.46. The molecule has 3 heteroatoms. The Balaban J connectivity index is 1.96. The minimum absolute atomic E-state index is 0.360. The molecule has 2 atom stereocenters. The van der Waals surface area contributed by atoms with Crippen molar-refractivity contribution in [3.8, 4) is 0 Å². The summed E-state index contributed by atoms with van der Waals surface area (Å²) >= 11 is 3.45. The second-order valence-electron chi connectivity index (χ2n) is 3.60. The maximum Gasteiger partial charge on any atom is 0.0691 e. The molecule has 2 saturated heterocycles. The van der Waals surface area contributed by atoms with Crippen LogP contribution in [0.5, 0.6) is 0 Å². The number of nitrogens with one attached hydrogen (secondary N) is 1. The van der Waals surface area contributed by atoms with Crippen molar-refractivity contribution in [1.82, 2.24) is 5.32 Å². The second-order valence-corrected chi connectivity index (χ2v) is 4.25. The Labute approximate surface area is 75.8 Å². The SMILES string of the molecule is BrCC1CC2(CCCN2)CO1. The van der Waals surface area contributed by atoms with Gasteiger partial charge in [-0.1, -0.05) is 15.9 Å². The normalized spacial score (nSPS) is 43.9. The summed E-state index contributed by atoms with van der Waals surface area (Å²) in [5, 5.41) is 4.53. The van der Waals surface area contributed by atoms with Crippen LogP contribution in [0, 0.1) is 0 Å². The van der Waals surface area contributed by atoms with Crippen LogP contribution in [-0.2, 0) is 4.74 Å². The molecule has 11 heavy (non-hydrogen) atoms. The van der Waals surface area contributed by atoms with Gasteiger partial charge in [0.1, 0.15) is 0 Å². The van der Waals surface area contributed by atoms with Gasteiger partial charge in [0.25, 0.3) is 0 Å². The van der Waals surface area contributed by atoms with E-state index in [9.17, 15) is 0 Å². The van der Waals surface area contributed by atoms with Gasteiger partial charge in [0, 0.05) is 10.9 Å². The average Bonchev–Trinajstić information content (AvgIpc) is 2.62. The summed E-state index contributed by atoms with van der Waals surface area (Å²) in [4.78, 5) is 0. The fraction of sp³-hybridized carbons (Fsp3) is 1.00. The Morgan fingerprint density at radius 2 is 2.55 bits per heavy atom. The lowest BCUT2D eigenvalue weighted by Crippen LogP contribution is -2.40. The first-order valence-corrected chi connectivity index (χ1v) is 5.39. The van der Waals surface area contributed by atoms with Crippen molar-refractivity contribution in [2.45, 2.75) is 30.9 Å². The van der Waals surface area contributed by atoms with Crippen molar-refractivity contribution in [3.05, 3.63) is 0 Å². The molecule has 0 aromatic heterocycles. The molecule has 64 valence electrons. The molecule has 1 spiro atoms. The summed E-state index contributed by atoms with van der Waals surface area (Å²) in [5.74, 6) is 0. The minimum Gasteiger partial charge on any atom is -0.375 e. The molecule has 2 rings (SSSR count). The van der Waals surface area contributed by atoms with Crippen molar-refractivity contribution < 1.29 is 4.74 Å². The smallest absolute Gasteiger partial charge is 0.0691 e. The zero-order chi connectivity index (χ0) is 7.73. The van der Waals surface area contributed by atoms with E-state index in [-0.39, 0.29) is 0 Å². The van der Waals surface area contributed by atoms with Gasteiger partial charge in [-0.3, -0.25) is 0 Å². The van der Waals surface area contributed by atoms with E-state index >= 15 is 0 Å². The van der Waals surface area contributed by atoms with Crippen LogP contribution in [0.2, 0.25) is 0 Å². The molecule has 0 amide bonds. The van der Waals surface area contributed by atoms with Crippen molar-refractivity contribution in [1.29, 1.82) is 0 Å². The molecule has 0 aromatic rings. The molecular weight excluding hydrogens is 206 g/mol. The van der Waals surface area contributed by atoms with E-state index in [4.69, 9.17) is 4.74 Å². The zero-order valence-electron chi connectivity index (χ0n) is 6.61. The highest BCUT2D eigenvalue weighted by Crippen LogP contribution is 2.32. The molecule has 2 unspecified atom stereocenters. The monoisotopic (exact) mass is 219 g/mol. The van der Waals surface area contributed by atoms with Gasteiger partial charge in [-0.15, -0.1) is 0 Å². The Kier molecular flexibility index (Phi) is 2.21. The Morgan fingerprint density at radius 1 is 1.64 bits per heavy atom. The van der Waals surface area contributed by atoms with Gasteiger partial charge in [-0.05, 0) is 25.8 Å². The maximum absolute atomic E-state index is 5.63. The molecule has 1 N–H and O–H groups in total. The summed E-state index contributed by atoms with van der Waals surface area (Å²) in [5.41, 5.74) is 0.360. The van der Waals surface area contributed by atoms with E-state index in [0.29, 0.717) is 11.6 Å². The van der Waals surface area contributed by atoms with Gasteiger partial charge in [0.05, 0.1) is 12.7 Å². The molecular formula is C8H14BrNO. The Bertz CT molecular complexity index is 145. The van der Waals surface area contributed by atoms with Gasteiger partial charge in [-0.25, -0.2) is 0 Å². The predicted molar refractivity (Wildman–Crippen MR) is 48.1 cm³/mol. The zero-order valence-corrected chi connectivity index (χ0v) is 8.19. The van der Waals surface area contributed by atoms with Gasteiger partial charge in [-0.2, -0.15) is 0 Å². The summed E-state index contributed by atoms with van der Waals surface area (Å²) in [7, 11) is 0. The minimum atomic E-state index is 0.360.